The SMILES string of the molecule is [O-][NH+](O)CCc1ccc(O[C@@H]2O[C@H](CO[C@@H]3OC[C@@H](O)[C@H](O)[C@H]3O)[C@@H](O)[C@H](O)[C@H]2O)cc1. The lowest BCUT2D eigenvalue weighted by Gasteiger charge is -2.41. The van der Waals surface area contributed by atoms with Crippen molar-refractivity contribution in [3.8, 4) is 5.75 Å². The van der Waals surface area contributed by atoms with E-state index in [1.165, 1.54) is 0 Å². The second-order valence-electron chi connectivity index (χ2n) is 7.75. The second kappa shape index (κ2) is 11.1. The van der Waals surface area contributed by atoms with Crippen LogP contribution in [-0.2, 0) is 20.6 Å². The number of hydrogen-bond donors (Lipinski definition) is 8. The van der Waals surface area contributed by atoms with E-state index >= 15 is 0 Å². The summed E-state index contributed by atoms with van der Waals surface area (Å²) in [5.74, 6) is 0.277. The normalized spacial score (nSPS) is 38.9. The highest BCUT2D eigenvalue weighted by atomic mass is 16.8. The third kappa shape index (κ3) is 6.11. The first-order valence-electron chi connectivity index (χ1n) is 10.1. The number of quaternary nitrogens is 1. The van der Waals surface area contributed by atoms with Gasteiger partial charge in [-0.2, -0.15) is 0 Å². The topological polar surface area (TPSA) is 206 Å². The minimum atomic E-state index is -1.62. The number of rotatable bonds is 8. The maximum atomic E-state index is 10.7. The molecule has 2 aliphatic heterocycles. The van der Waals surface area contributed by atoms with Crippen LogP contribution >= 0.6 is 0 Å². The van der Waals surface area contributed by atoms with E-state index in [-0.39, 0.29) is 25.5 Å². The molecule has 13 heteroatoms. The smallest absolute Gasteiger partial charge is 0.229 e. The summed E-state index contributed by atoms with van der Waals surface area (Å²) in [6.07, 6.45) is -12.5. The molecule has 0 aromatic heterocycles. The van der Waals surface area contributed by atoms with Crippen LogP contribution in [0.1, 0.15) is 5.56 Å². The standard InChI is InChI=1S/C19H29NO12/c21-11-7-29-18(16(25)13(11)22)30-8-12-14(23)15(24)17(26)19(32-12)31-10-3-1-9(2-4-10)5-6-20(27)28/h1-4,11-27H,5-8H2/t11-,12-,13+,14-,15+,16-,17-,18+,19-/m1/s1. The van der Waals surface area contributed by atoms with E-state index in [0.717, 1.165) is 5.56 Å². The van der Waals surface area contributed by atoms with Crippen LogP contribution in [0.15, 0.2) is 24.3 Å². The van der Waals surface area contributed by atoms with Gasteiger partial charge in [0.2, 0.25) is 6.29 Å². The van der Waals surface area contributed by atoms with Gasteiger partial charge in [-0.05, 0) is 17.7 Å². The Kier molecular flexibility index (Phi) is 8.74. The summed E-state index contributed by atoms with van der Waals surface area (Å²) < 4.78 is 21.6. The van der Waals surface area contributed by atoms with Gasteiger partial charge in [0, 0.05) is 6.42 Å². The van der Waals surface area contributed by atoms with E-state index < -0.39 is 60.5 Å². The summed E-state index contributed by atoms with van der Waals surface area (Å²) in [5.41, 5.74) is 0.768. The van der Waals surface area contributed by atoms with Gasteiger partial charge in [-0.1, -0.05) is 12.1 Å². The number of aliphatic hydroxyl groups excluding tert-OH is 6. The van der Waals surface area contributed by atoms with Gasteiger partial charge in [-0.3, -0.25) is 0 Å². The molecule has 32 heavy (non-hydrogen) atoms. The zero-order chi connectivity index (χ0) is 23.4. The van der Waals surface area contributed by atoms with E-state index in [0.29, 0.717) is 6.42 Å². The molecule has 0 amide bonds. The van der Waals surface area contributed by atoms with Crippen LogP contribution in [0.3, 0.4) is 0 Å². The van der Waals surface area contributed by atoms with Gasteiger partial charge < -0.3 is 54.8 Å². The highest BCUT2D eigenvalue weighted by molar-refractivity contribution is 5.27. The number of aliphatic hydroxyl groups is 6. The van der Waals surface area contributed by atoms with Crippen LogP contribution < -0.4 is 9.96 Å². The van der Waals surface area contributed by atoms with Crippen LogP contribution in [0.2, 0.25) is 0 Å². The third-order valence-electron chi connectivity index (χ3n) is 5.35. The lowest BCUT2D eigenvalue weighted by Crippen LogP contribution is -3.04. The molecule has 2 heterocycles. The Bertz CT molecular complexity index is 706. The minimum Gasteiger partial charge on any atom is -0.600 e. The van der Waals surface area contributed by atoms with Crippen molar-refractivity contribution in [2.45, 2.75) is 61.7 Å². The Labute approximate surface area is 183 Å². The fourth-order valence-electron chi connectivity index (χ4n) is 3.39. The lowest BCUT2D eigenvalue weighted by atomic mass is 9.99. The van der Waals surface area contributed by atoms with Crippen LogP contribution in [-0.4, -0.2) is 111 Å². The van der Waals surface area contributed by atoms with Crippen molar-refractivity contribution in [3.05, 3.63) is 35.0 Å². The van der Waals surface area contributed by atoms with Crippen molar-refractivity contribution >= 4 is 0 Å². The molecule has 1 aromatic rings. The fourth-order valence-corrected chi connectivity index (χ4v) is 3.39. The lowest BCUT2D eigenvalue weighted by molar-refractivity contribution is -1.05. The van der Waals surface area contributed by atoms with Gasteiger partial charge in [-0.15, -0.1) is 0 Å². The molecule has 0 saturated carbocycles. The predicted molar refractivity (Wildman–Crippen MR) is 102 cm³/mol. The average molecular weight is 463 g/mol. The molecule has 0 radical (unpaired) electrons. The maximum Gasteiger partial charge on any atom is 0.229 e. The van der Waals surface area contributed by atoms with Crippen molar-refractivity contribution in [3.63, 3.8) is 0 Å². The van der Waals surface area contributed by atoms with Crippen LogP contribution in [0.5, 0.6) is 5.75 Å². The second-order valence-corrected chi connectivity index (χ2v) is 7.75. The molecule has 13 nitrogen and oxygen atoms in total. The first-order chi connectivity index (χ1) is 15.2. The summed E-state index contributed by atoms with van der Waals surface area (Å²) >= 11 is 0. The summed E-state index contributed by atoms with van der Waals surface area (Å²) in [5, 5.41) is 78.2. The molecule has 0 bridgehead atoms. The van der Waals surface area contributed by atoms with E-state index in [9.17, 15) is 35.8 Å². The molecular formula is C19H29NO12. The van der Waals surface area contributed by atoms with Gasteiger partial charge in [0.25, 0.3) is 0 Å². The molecule has 1 aromatic carbocycles. The van der Waals surface area contributed by atoms with Crippen molar-refractivity contribution in [1.82, 2.24) is 0 Å². The van der Waals surface area contributed by atoms with Crippen molar-refractivity contribution in [2.24, 2.45) is 0 Å². The molecule has 8 N–H and O–H groups in total. The maximum absolute atomic E-state index is 10.7. The number of hydroxylamine groups is 2. The Balaban J connectivity index is 1.57. The summed E-state index contributed by atoms with van der Waals surface area (Å²) in [6, 6.07) is 6.41. The fraction of sp³-hybridized carbons (Fsp3) is 0.684. The van der Waals surface area contributed by atoms with Crippen LogP contribution in [0.25, 0.3) is 0 Å². The quantitative estimate of drug-likeness (QED) is 0.172. The molecule has 2 saturated heterocycles. The molecule has 2 fully saturated rings. The van der Waals surface area contributed by atoms with Crippen molar-refractivity contribution in [2.75, 3.05) is 19.8 Å². The zero-order valence-electron chi connectivity index (χ0n) is 17.0. The molecule has 0 spiro atoms. The van der Waals surface area contributed by atoms with E-state index in [4.69, 9.17) is 24.2 Å². The van der Waals surface area contributed by atoms with Gasteiger partial charge in [0.05, 0.1) is 13.2 Å². The van der Waals surface area contributed by atoms with E-state index in [1.807, 2.05) is 0 Å². The molecular weight excluding hydrogens is 434 g/mol. The monoisotopic (exact) mass is 463 g/mol. The summed E-state index contributed by atoms with van der Waals surface area (Å²) in [7, 11) is 0. The highest BCUT2D eigenvalue weighted by Gasteiger charge is 2.46. The summed E-state index contributed by atoms with van der Waals surface area (Å²) in [6.45, 7) is -0.679. The molecule has 2 aliphatic rings. The van der Waals surface area contributed by atoms with E-state index in [2.05, 4.69) is 0 Å². The molecule has 182 valence electrons. The van der Waals surface area contributed by atoms with Gasteiger partial charge >= 0.3 is 0 Å². The number of nitrogens with one attached hydrogen (secondary N) is 1. The number of benzene rings is 1. The van der Waals surface area contributed by atoms with Crippen LogP contribution in [0.4, 0.5) is 0 Å². The third-order valence-corrected chi connectivity index (χ3v) is 5.35. The molecule has 1 unspecified atom stereocenters. The summed E-state index contributed by atoms with van der Waals surface area (Å²) in [4.78, 5) is 0. The van der Waals surface area contributed by atoms with Crippen molar-refractivity contribution < 1.29 is 60.0 Å². The average Bonchev–Trinajstić information content (AvgIpc) is 2.77. The molecule has 10 atom stereocenters. The zero-order valence-corrected chi connectivity index (χ0v) is 17.0. The first kappa shape index (κ1) is 25.2. The van der Waals surface area contributed by atoms with Gasteiger partial charge in [0.15, 0.2) is 6.29 Å². The van der Waals surface area contributed by atoms with Gasteiger partial charge in [0.1, 0.15) is 55.0 Å². The van der Waals surface area contributed by atoms with Crippen molar-refractivity contribution in [1.29, 1.82) is 0 Å². The van der Waals surface area contributed by atoms with E-state index in [1.54, 1.807) is 24.3 Å². The Morgan fingerprint density at radius 2 is 1.56 bits per heavy atom. The Hall–Kier alpha value is -1.46. The molecule has 0 aliphatic carbocycles. The largest absolute Gasteiger partial charge is 0.600 e. The Morgan fingerprint density at radius 3 is 2.22 bits per heavy atom. The van der Waals surface area contributed by atoms with Gasteiger partial charge in [-0.25, -0.2) is 10.4 Å². The van der Waals surface area contributed by atoms with Crippen LogP contribution in [0, 0.1) is 5.21 Å². The highest BCUT2D eigenvalue weighted by Crippen LogP contribution is 2.26. The minimum absolute atomic E-state index is 0.0220. The predicted octanol–water partition coefficient (Wildman–Crippen LogP) is -4.36. The first-order valence-corrected chi connectivity index (χ1v) is 10.1. The number of hydrogen-bond acceptors (Lipinski definition) is 12. The molecule has 3 rings (SSSR count). The number of ether oxygens (including phenoxy) is 4. The Morgan fingerprint density at radius 1 is 0.906 bits per heavy atom.